The molecule has 5 N–H and O–H groups in total. The molecule has 3 fully saturated rings. The maximum Gasteiger partial charge on any atom is 0.258 e. The second-order valence-electron chi connectivity index (χ2n) is 18.5. The van der Waals surface area contributed by atoms with Crippen LogP contribution in [0, 0.1) is 12.7 Å². The molecule has 2 aliphatic heterocycles. The molecule has 0 bridgehead atoms. The summed E-state index contributed by atoms with van der Waals surface area (Å²) in [6.45, 7) is 8.34. The second kappa shape index (κ2) is 21.8. The van der Waals surface area contributed by atoms with Crippen molar-refractivity contribution in [2.45, 2.75) is 87.5 Å². The van der Waals surface area contributed by atoms with Gasteiger partial charge in [-0.2, -0.15) is 4.98 Å². The summed E-state index contributed by atoms with van der Waals surface area (Å²) in [7, 11) is 3.24. The Balaban J connectivity index is 0.849. The lowest BCUT2D eigenvalue weighted by Gasteiger charge is -2.37. The molecule has 2 aromatic heterocycles. The van der Waals surface area contributed by atoms with Crippen molar-refractivity contribution in [3.05, 3.63) is 111 Å². The van der Waals surface area contributed by atoms with Crippen LogP contribution in [0.3, 0.4) is 0 Å². The van der Waals surface area contributed by atoms with Crippen molar-refractivity contribution in [2.75, 3.05) is 57.5 Å². The minimum Gasteiger partial charge on any atom is -0.495 e. The number of alkyl halides is 1. The zero-order valence-electron chi connectivity index (χ0n) is 40.1. The minimum atomic E-state index is -2.06. The van der Waals surface area contributed by atoms with E-state index >= 15 is 8.78 Å². The number of methoxy groups -OCH3 is 1. The zero-order chi connectivity index (χ0) is 50.6. The van der Waals surface area contributed by atoms with Crippen molar-refractivity contribution in [3.63, 3.8) is 0 Å². The van der Waals surface area contributed by atoms with Crippen molar-refractivity contribution in [2.24, 2.45) is 0 Å². The standard InChI is InChI=1S/C50H57ClF2N10O6S2/c1-29-41(70-28-57-29)35-12-10-32(20-37(35)52)23-55-44(65)39-22-34(64)26-63(39)46(67)42(59-47(68)50(53)14-15-50)49(2,3)71-27-31-8-6-30(7-9-31)25-61-16-18-62(19-17-61)45(66)33-11-13-38(40(21-33)69-5)58-48-56-24-36(51)43(54-4)60-48/h6-13,20-21,24,28,34,39,42,64H,14-19,22-23,25-27H2,1-5H3,(H,55,65)(H,59,68)(H2,54,56,58,60)/t34-,39+,42?/m1/s1. The van der Waals surface area contributed by atoms with Crippen molar-refractivity contribution in [1.82, 2.24) is 40.3 Å². The van der Waals surface area contributed by atoms with Gasteiger partial charge in [0.25, 0.3) is 11.8 Å². The zero-order valence-corrected chi connectivity index (χ0v) is 42.4. The van der Waals surface area contributed by atoms with Gasteiger partial charge in [-0.05, 0) is 74.6 Å². The molecule has 5 aromatic rings. The van der Waals surface area contributed by atoms with Gasteiger partial charge in [-0.25, -0.2) is 18.7 Å². The van der Waals surface area contributed by atoms with E-state index in [0.717, 1.165) is 16.0 Å². The molecular weight excluding hydrogens is 974 g/mol. The van der Waals surface area contributed by atoms with Gasteiger partial charge in [0.05, 0.1) is 41.2 Å². The highest BCUT2D eigenvalue weighted by Crippen LogP contribution is 2.41. The molecular formula is C50H57ClF2N10O6S2. The van der Waals surface area contributed by atoms with E-state index in [-0.39, 0.29) is 38.3 Å². The van der Waals surface area contributed by atoms with Crippen LogP contribution in [0.2, 0.25) is 5.02 Å². The SMILES string of the molecule is CNc1nc(Nc2ccc(C(=O)N3CCN(Cc4ccc(CSC(C)(C)C(NC(=O)C5(F)CC5)C(=O)N5C[C@H](O)C[C@H]5C(=O)NCc5ccc(-c6scnc6C)c(F)c5)cc4)CC3)cc2OC)ncc1Cl. The van der Waals surface area contributed by atoms with E-state index in [1.165, 1.54) is 47.4 Å². The molecule has 1 unspecified atom stereocenters. The van der Waals surface area contributed by atoms with Gasteiger partial charge in [-0.15, -0.1) is 23.1 Å². The third-order valence-electron chi connectivity index (χ3n) is 13.0. The number of anilines is 3. The van der Waals surface area contributed by atoms with Crippen LogP contribution >= 0.6 is 34.7 Å². The molecule has 1 aliphatic carbocycles. The first-order valence-electron chi connectivity index (χ1n) is 23.3. The van der Waals surface area contributed by atoms with Gasteiger partial charge in [-0.1, -0.05) is 48.0 Å². The molecule has 71 heavy (non-hydrogen) atoms. The number of aliphatic hydroxyl groups is 1. The van der Waals surface area contributed by atoms with Gasteiger partial charge in [0.2, 0.25) is 17.8 Å². The van der Waals surface area contributed by atoms with Crippen molar-refractivity contribution >= 4 is 75.8 Å². The number of amides is 4. The van der Waals surface area contributed by atoms with Gasteiger partial charge in [0.15, 0.2) is 5.67 Å². The lowest BCUT2D eigenvalue weighted by molar-refractivity contribution is -0.143. The molecule has 16 nitrogen and oxygen atoms in total. The first-order chi connectivity index (χ1) is 33.9. The lowest BCUT2D eigenvalue weighted by Crippen LogP contribution is -2.61. The first kappa shape index (κ1) is 51.4. The molecule has 8 rings (SSSR count). The minimum absolute atomic E-state index is 0.0252. The maximum atomic E-state index is 15.2. The van der Waals surface area contributed by atoms with Gasteiger partial charge in [0.1, 0.15) is 34.5 Å². The number of hydrogen-bond donors (Lipinski definition) is 5. The number of ether oxygens (including phenoxy) is 1. The number of carbonyl (C=O) groups is 4. The fourth-order valence-corrected chi connectivity index (χ4v) is 10.7. The monoisotopic (exact) mass is 1030 g/mol. The number of thiazole rings is 1. The van der Waals surface area contributed by atoms with Crippen LogP contribution in [0.25, 0.3) is 10.4 Å². The first-order valence-corrected chi connectivity index (χ1v) is 25.5. The number of piperazine rings is 1. The maximum absolute atomic E-state index is 15.2. The summed E-state index contributed by atoms with van der Waals surface area (Å²) in [6, 6.07) is 15.7. The summed E-state index contributed by atoms with van der Waals surface area (Å²) in [5.41, 5.74) is 4.35. The molecule has 0 radical (unpaired) electrons. The molecule has 0 spiro atoms. The number of aryl methyl sites for hydroxylation is 1. The average Bonchev–Trinajstić information content (AvgIpc) is 3.78. The molecule has 376 valence electrons. The number of likely N-dealkylation sites (tertiary alicyclic amines) is 1. The predicted octanol–water partition coefficient (Wildman–Crippen LogP) is 6.73. The molecule has 4 heterocycles. The Kier molecular flexibility index (Phi) is 15.8. The summed E-state index contributed by atoms with van der Waals surface area (Å²) in [5, 5.41) is 22.7. The number of hydrogen-bond acceptors (Lipinski definition) is 14. The highest BCUT2D eigenvalue weighted by molar-refractivity contribution is 7.99. The van der Waals surface area contributed by atoms with Crippen LogP contribution in [0.1, 0.15) is 65.9 Å². The fraction of sp³-hybridized carbons (Fsp3) is 0.420. The van der Waals surface area contributed by atoms with Crippen LogP contribution in [-0.4, -0.2) is 134 Å². The number of aromatic nitrogens is 3. The molecule has 3 atom stereocenters. The van der Waals surface area contributed by atoms with E-state index in [9.17, 15) is 24.3 Å². The number of aliphatic hydroxyl groups excluding tert-OH is 1. The van der Waals surface area contributed by atoms with Crippen LogP contribution < -0.4 is 26.0 Å². The smallest absolute Gasteiger partial charge is 0.258 e. The normalized spacial score (nSPS) is 18.2. The Morgan fingerprint density at radius 3 is 2.39 bits per heavy atom. The molecule has 4 amide bonds. The number of halogens is 3. The van der Waals surface area contributed by atoms with E-state index in [1.54, 1.807) is 63.7 Å². The predicted molar refractivity (Wildman–Crippen MR) is 271 cm³/mol. The van der Waals surface area contributed by atoms with Crippen molar-refractivity contribution in [3.8, 4) is 16.2 Å². The van der Waals surface area contributed by atoms with Crippen LogP contribution in [0.15, 0.2) is 72.4 Å². The van der Waals surface area contributed by atoms with E-state index in [2.05, 4.69) is 41.1 Å². The van der Waals surface area contributed by atoms with E-state index in [0.29, 0.717) is 89.1 Å². The number of thioether (sulfide) groups is 1. The molecule has 3 aliphatic rings. The van der Waals surface area contributed by atoms with E-state index in [1.807, 2.05) is 29.2 Å². The highest BCUT2D eigenvalue weighted by atomic mass is 35.5. The van der Waals surface area contributed by atoms with Crippen LogP contribution in [0.4, 0.5) is 26.2 Å². The number of carbonyl (C=O) groups excluding carboxylic acids is 4. The van der Waals surface area contributed by atoms with Gasteiger partial charge < -0.3 is 40.9 Å². The van der Waals surface area contributed by atoms with Gasteiger partial charge in [0, 0.05) is 80.9 Å². The Labute approximate surface area is 424 Å². The largest absolute Gasteiger partial charge is 0.495 e. The molecule has 3 aromatic carbocycles. The Hall–Kier alpha value is -5.93. The molecule has 1 saturated carbocycles. The quantitative estimate of drug-likeness (QED) is 0.0621. The summed E-state index contributed by atoms with van der Waals surface area (Å²) in [6.07, 6.45) is 0.543. The lowest BCUT2D eigenvalue weighted by atomic mass is 10.00. The third-order valence-corrected chi connectivity index (χ3v) is 15.7. The van der Waals surface area contributed by atoms with Crippen LogP contribution in [-0.2, 0) is 33.2 Å². The third kappa shape index (κ3) is 12.1. The number of benzene rings is 3. The highest BCUT2D eigenvalue weighted by Gasteiger charge is 2.54. The fourth-order valence-electron chi connectivity index (χ4n) is 8.62. The Bertz CT molecular complexity index is 2770. The van der Waals surface area contributed by atoms with Gasteiger partial charge >= 0.3 is 0 Å². The Morgan fingerprint density at radius 1 is 1.01 bits per heavy atom. The second-order valence-corrected chi connectivity index (χ2v) is 21.4. The molecule has 2 saturated heterocycles. The van der Waals surface area contributed by atoms with Crippen molar-refractivity contribution < 1.29 is 37.8 Å². The summed E-state index contributed by atoms with van der Waals surface area (Å²) < 4.78 is 34.9. The van der Waals surface area contributed by atoms with Gasteiger partial charge in [-0.3, -0.25) is 24.1 Å². The summed E-state index contributed by atoms with van der Waals surface area (Å²) in [4.78, 5) is 73.9. The van der Waals surface area contributed by atoms with Crippen molar-refractivity contribution in [1.29, 1.82) is 0 Å². The number of nitrogens with zero attached hydrogens (tertiary/aromatic N) is 6. The summed E-state index contributed by atoms with van der Waals surface area (Å²) in [5.74, 6) is -0.886. The van der Waals surface area contributed by atoms with E-state index < -0.39 is 52.1 Å². The number of nitrogens with one attached hydrogen (secondary N) is 4. The number of rotatable bonds is 18. The number of β-amino-alcohol motifs (C(OH)–C–C–N with tert-alkyl or cyclic N) is 1. The van der Waals surface area contributed by atoms with Crippen LogP contribution in [0.5, 0.6) is 5.75 Å². The topological polar surface area (TPSA) is 194 Å². The average molecular weight is 1030 g/mol. The Morgan fingerprint density at radius 2 is 1.73 bits per heavy atom. The van der Waals surface area contributed by atoms with E-state index in [4.69, 9.17) is 16.3 Å². The molecule has 21 heteroatoms. The summed E-state index contributed by atoms with van der Waals surface area (Å²) >= 11 is 8.87.